The number of hydrogen-bond acceptors (Lipinski definition) is 4. The molecule has 0 bridgehead atoms. The third-order valence-electron chi connectivity index (χ3n) is 2.46. The van der Waals surface area contributed by atoms with Gasteiger partial charge in [0.1, 0.15) is 0 Å². The Labute approximate surface area is 105 Å². The van der Waals surface area contributed by atoms with Crippen molar-refractivity contribution in [2.45, 2.75) is 18.1 Å². The Balaban J connectivity index is 2.07. The smallest absolute Gasteiger partial charge is 0.257 e. The van der Waals surface area contributed by atoms with Crippen LogP contribution in [-0.4, -0.2) is 18.6 Å². The van der Waals surface area contributed by atoms with Crippen LogP contribution in [-0.2, 0) is 23.1 Å². The van der Waals surface area contributed by atoms with Gasteiger partial charge in [0.2, 0.25) is 0 Å². The molecule has 1 heterocycles. The number of aromatic amines is 1. The summed E-state index contributed by atoms with van der Waals surface area (Å²) in [5.41, 5.74) is 7.35. The van der Waals surface area contributed by atoms with Crippen molar-refractivity contribution in [3.63, 3.8) is 0 Å². The molecule has 1 aromatic carbocycles. The first-order valence-electron chi connectivity index (χ1n) is 5.39. The highest BCUT2D eigenvalue weighted by Gasteiger charge is 2.14. The molecular formula is C11H14N4O2S. The van der Waals surface area contributed by atoms with Crippen LogP contribution in [0.4, 0.5) is 0 Å². The van der Waals surface area contributed by atoms with Crippen LogP contribution in [0.2, 0.25) is 0 Å². The first-order valence-corrected chi connectivity index (χ1v) is 6.87. The van der Waals surface area contributed by atoms with Gasteiger partial charge in [0.25, 0.3) is 10.0 Å². The summed E-state index contributed by atoms with van der Waals surface area (Å²) in [6.45, 7) is 0.649. The van der Waals surface area contributed by atoms with Gasteiger partial charge < -0.3 is 5.73 Å². The fourth-order valence-corrected chi connectivity index (χ4v) is 2.44. The van der Waals surface area contributed by atoms with Crippen LogP contribution in [0.1, 0.15) is 11.1 Å². The average molecular weight is 266 g/mol. The molecule has 0 radical (unpaired) electrons. The summed E-state index contributed by atoms with van der Waals surface area (Å²) in [5.74, 6) is 0. The lowest BCUT2D eigenvalue weighted by molar-refractivity contribution is 0.577. The number of rotatable bonds is 5. The van der Waals surface area contributed by atoms with Crippen LogP contribution in [0, 0.1) is 0 Å². The van der Waals surface area contributed by atoms with Gasteiger partial charge in [0.05, 0.1) is 6.20 Å². The summed E-state index contributed by atoms with van der Waals surface area (Å²) in [7, 11) is -3.53. The van der Waals surface area contributed by atoms with Crippen molar-refractivity contribution < 1.29 is 8.42 Å². The van der Waals surface area contributed by atoms with Crippen molar-refractivity contribution in [3.05, 3.63) is 47.7 Å². The van der Waals surface area contributed by atoms with Crippen LogP contribution in [0.25, 0.3) is 0 Å². The van der Waals surface area contributed by atoms with Crippen molar-refractivity contribution >= 4 is 10.0 Å². The number of H-pyrrole nitrogens is 1. The Morgan fingerprint density at radius 2 is 2.06 bits per heavy atom. The van der Waals surface area contributed by atoms with E-state index in [4.69, 9.17) is 5.73 Å². The minimum Gasteiger partial charge on any atom is -0.326 e. The van der Waals surface area contributed by atoms with E-state index in [1.54, 1.807) is 0 Å². The maximum absolute atomic E-state index is 11.8. The van der Waals surface area contributed by atoms with Gasteiger partial charge in [-0.05, 0) is 17.2 Å². The van der Waals surface area contributed by atoms with Crippen molar-refractivity contribution in [2.24, 2.45) is 5.73 Å². The summed E-state index contributed by atoms with van der Waals surface area (Å²) in [5, 5.41) is 6.08. The van der Waals surface area contributed by atoms with E-state index in [2.05, 4.69) is 14.9 Å². The number of sulfonamides is 1. The van der Waals surface area contributed by atoms with Gasteiger partial charge in [-0.25, -0.2) is 13.1 Å². The summed E-state index contributed by atoms with van der Waals surface area (Å²) in [6.07, 6.45) is 1.39. The molecule has 0 aliphatic heterocycles. The molecule has 0 fully saturated rings. The maximum atomic E-state index is 11.8. The molecule has 0 aliphatic carbocycles. The SMILES string of the molecule is NCc1cccc(CNS(=O)(=O)c2ccn[nH]2)c1. The molecule has 2 rings (SSSR count). The van der Waals surface area contributed by atoms with E-state index in [0.717, 1.165) is 11.1 Å². The van der Waals surface area contributed by atoms with E-state index in [0.29, 0.717) is 6.54 Å². The second kappa shape index (κ2) is 5.30. The minimum absolute atomic E-state index is 0.0532. The van der Waals surface area contributed by atoms with E-state index < -0.39 is 10.0 Å². The van der Waals surface area contributed by atoms with Crippen LogP contribution in [0.3, 0.4) is 0 Å². The fraction of sp³-hybridized carbons (Fsp3) is 0.182. The molecule has 7 heteroatoms. The quantitative estimate of drug-likeness (QED) is 0.726. The normalized spacial score (nSPS) is 11.6. The largest absolute Gasteiger partial charge is 0.326 e. The summed E-state index contributed by atoms with van der Waals surface area (Å²) >= 11 is 0. The number of nitrogens with zero attached hydrogens (tertiary/aromatic N) is 1. The van der Waals surface area contributed by atoms with Gasteiger partial charge in [-0.1, -0.05) is 24.3 Å². The standard InChI is InChI=1S/C11H14N4O2S/c12-7-9-2-1-3-10(6-9)8-14-18(16,17)11-4-5-13-15-11/h1-6,14H,7-8,12H2,(H,13,15). The van der Waals surface area contributed by atoms with Crippen molar-refractivity contribution in [3.8, 4) is 0 Å². The molecule has 0 unspecified atom stereocenters. The fourth-order valence-electron chi connectivity index (χ4n) is 1.52. The molecule has 6 nitrogen and oxygen atoms in total. The number of benzene rings is 1. The Hall–Kier alpha value is -1.70. The van der Waals surface area contributed by atoms with E-state index >= 15 is 0 Å². The van der Waals surface area contributed by atoms with Crippen LogP contribution >= 0.6 is 0 Å². The van der Waals surface area contributed by atoms with E-state index in [9.17, 15) is 8.42 Å². The number of aromatic nitrogens is 2. The molecule has 96 valence electrons. The second-order valence-corrected chi connectivity index (χ2v) is 5.50. The van der Waals surface area contributed by atoms with Crippen LogP contribution in [0.5, 0.6) is 0 Å². The molecule has 0 saturated heterocycles. The molecule has 4 N–H and O–H groups in total. The zero-order valence-corrected chi connectivity index (χ0v) is 10.4. The van der Waals surface area contributed by atoms with E-state index in [-0.39, 0.29) is 11.6 Å². The van der Waals surface area contributed by atoms with Crippen molar-refractivity contribution in [1.82, 2.24) is 14.9 Å². The predicted octanol–water partition coefficient (Wildman–Crippen LogP) is 0.347. The Kier molecular flexibility index (Phi) is 3.75. The summed E-state index contributed by atoms with van der Waals surface area (Å²) in [6, 6.07) is 8.86. The van der Waals surface area contributed by atoms with Gasteiger partial charge in [0, 0.05) is 13.1 Å². The summed E-state index contributed by atoms with van der Waals surface area (Å²) in [4.78, 5) is 0. The van der Waals surface area contributed by atoms with Gasteiger partial charge in [-0.3, -0.25) is 5.10 Å². The highest BCUT2D eigenvalue weighted by atomic mass is 32.2. The molecule has 1 aromatic heterocycles. The highest BCUT2D eigenvalue weighted by molar-refractivity contribution is 7.89. The molecule has 0 amide bonds. The number of nitrogens with two attached hydrogens (primary N) is 1. The maximum Gasteiger partial charge on any atom is 0.257 e. The van der Waals surface area contributed by atoms with Gasteiger partial charge in [0.15, 0.2) is 5.03 Å². The predicted molar refractivity (Wildman–Crippen MR) is 66.9 cm³/mol. The first-order chi connectivity index (χ1) is 8.62. The zero-order chi connectivity index (χ0) is 13.0. The Morgan fingerprint density at radius 1 is 1.28 bits per heavy atom. The van der Waals surface area contributed by atoms with Crippen LogP contribution in [0.15, 0.2) is 41.6 Å². The first kappa shape index (κ1) is 12.7. The molecule has 0 aliphatic rings. The Bertz CT molecular complexity index is 608. The lowest BCUT2D eigenvalue weighted by Gasteiger charge is -2.06. The number of hydrogen-bond donors (Lipinski definition) is 3. The minimum atomic E-state index is -3.53. The lowest BCUT2D eigenvalue weighted by Crippen LogP contribution is -2.23. The molecule has 0 spiro atoms. The third-order valence-corrected chi connectivity index (χ3v) is 3.79. The zero-order valence-electron chi connectivity index (χ0n) is 9.63. The topological polar surface area (TPSA) is 101 Å². The third kappa shape index (κ3) is 2.95. The van der Waals surface area contributed by atoms with E-state index in [1.807, 2.05) is 24.3 Å². The molecule has 0 atom stereocenters. The van der Waals surface area contributed by atoms with Crippen molar-refractivity contribution in [1.29, 1.82) is 0 Å². The molecule has 0 saturated carbocycles. The second-order valence-electron chi connectivity index (χ2n) is 3.77. The monoisotopic (exact) mass is 266 g/mol. The average Bonchev–Trinajstić information content (AvgIpc) is 2.91. The van der Waals surface area contributed by atoms with E-state index in [1.165, 1.54) is 12.3 Å². The molecule has 18 heavy (non-hydrogen) atoms. The van der Waals surface area contributed by atoms with Gasteiger partial charge >= 0.3 is 0 Å². The van der Waals surface area contributed by atoms with Gasteiger partial charge in [-0.15, -0.1) is 0 Å². The Morgan fingerprint density at radius 3 is 2.72 bits per heavy atom. The highest BCUT2D eigenvalue weighted by Crippen LogP contribution is 2.07. The molecular weight excluding hydrogens is 252 g/mol. The van der Waals surface area contributed by atoms with Crippen LogP contribution < -0.4 is 10.5 Å². The number of nitrogens with one attached hydrogen (secondary N) is 2. The summed E-state index contributed by atoms with van der Waals surface area (Å²) < 4.78 is 26.1. The lowest BCUT2D eigenvalue weighted by atomic mass is 10.1. The van der Waals surface area contributed by atoms with Gasteiger partial charge in [-0.2, -0.15) is 5.10 Å². The van der Waals surface area contributed by atoms with Crippen molar-refractivity contribution in [2.75, 3.05) is 0 Å². The molecule has 2 aromatic rings.